The van der Waals surface area contributed by atoms with E-state index in [1.807, 2.05) is 0 Å². The standard InChI is InChI=1S/C52H32N4S/c1-2-14-31(15-3-1)32-26-28-33(29-27-32)48-51(53-49-39-21-9-13-25-45(39)57-52(49)54-48)56-43-24-12-8-20-38(43)46-44(56)30-40-36-18-7-11-23-42(36)55-41-22-10-6-17-35(41)34-16-4-5-19-37(34)47(46)50(40)55/h2,4-30H,1,3H2. The summed E-state index contributed by atoms with van der Waals surface area (Å²) in [5.74, 6) is 0.835. The van der Waals surface area contributed by atoms with Gasteiger partial charge in [-0.05, 0) is 65.4 Å². The fourth-order valence-corrected chi connectivity index (χ4v) is 10.7. The molecule has 1 aliphatic heterocycles. The van der Waals surface area contributed by atoms with Gasteiger partial charge in [-0.1, -0.05) is 140 Å². The van der Waals surface area contributed by atoms with Crippen LogP contribution >= 0.6 is 11.3 Å². The maximum atomic E-state index is 5.69. The van der Waals surface area contributed by atoms with Gasteiger partial charge in [0.2, 0.25) is 0 Å². The Balaban J connectivity index is 1.21. The van der Waals surface area contributed by atoms with Crippen molar-refractivity contribution in [1.82, 2.24) is 19.1 Å². The van der Waals surface area contributed by atoms with Gasteiger partial charge in [0.25, 0.3) is 0 Å². The number of thiophene rings is 1. The monoisotopic (exact) mass is 744 g/mol. The van der Waals surface area contributed by atoms with Crippen molar-refractivity contribution in [3.05, 3.63) is 175 Å². The number of benzene rings is 7. The third-order valence-electron chi connectivity index (χ3n) is 12.1. The molecule has 5 heterocycles. The Morgan fingerprint density at radius 1 is 0.526 bits per heavy atom. The molecular formula is C52H32N4S. The predicted octanol–water partition coefficient (Wildman–Crippen LogP) is 14.1. The van der Waals surface area contributed by atoms with Crippen molar-refractivity contribution in [2.45, 2.75) is 12.8 Å². The highest BCUT2D eigenvalue weighted by Crippen LogP contribution is 2.52. The highest BCUT2D eigenvalue weighted by atomic mass is 32.1. The molecule has 0 spiro atoms. The number of fused-ring (bicyclic) bond motifs is 15. The number of hydrogen-bond donors (Lipinski definition) is 0. The molecule has 4 nitrogen and oxygen atoms in total. The molecule has 1 aliphatic carbocycles. The van der Waals surface area contributed by atoms with E-state index in [2.05, 4.69) is 179 Å². The van der Waals surface area contributed by atoms with Crippen molar-refractivity contribution in [3.63, 3.8) is 0 Å². The van der Waals surface area contributed by atoms with E-state index in [1.165, 1.54) is 76.4 Å². The largest absolute Gasteiger partial charge is 0.308 e. The zero-order valence-corrected chi connectivity index (χ0v) is 31.6. The Bertz CT molecular complexity index is 3570. The molecule has 5 heteroatoms. The maximum absolute atomic E-state index is 5.69. The van der Waals surface area contributed by atoms with Crippen LogP contribution in [0.1, 0.15) is 18.4 Å². The van der Waals surface area contributed by atoms with E-state index < -0.39 is 0 Å². The molecular weight excluding hydrogens is 713 g/mol. The molecule has 7 aromatic carbocycles. The molecule has 57 heavy (non-hydrogen) atoms. The van der Waals surface area contributed by atoms with E-state index in [1.54, 1.807) is 11.3 Å². The molecule has 0 radical (unpaired) electrons. The molecule has 0 fully saturated rings. The second-order valence-corrected chi connectivity index (χ2v) is 16.2. The van der Waals surface area contributed by atoms with Crippen LogP contribution in [-0.4, -0.2) is 19.1 Å². The van der Waals surface area contributed by atoms with Crippen LogP contribution in [0.25, 0.3) is 115 Å². The lowest BCUT2D eigenvalue weighted by Crippen LogP contribution is -2.03. The summed E-state index contributed by atoms with van der Waals surface area (Å²) in [6, 6.07) is 55.5. The van der Waals surface area contributed by atoms with E-state index in [0.29, 0.717) is 0 Å². The van der Waals surface area contributed by atoms with Crippen LogP contribution in [0.3, 0.4) is 0 Å². The summed E-state index contributed by atoms with van der Waals surface area (Å²) < 4.78 is 6.10. The fourth-order valence-electron chi connectivity index (χ4n) is 9.66. The number of aromatic nitrogens is 4. The van der Waals surface area contributed by atoms with Crippen LogP contribution < -0.4 is 0 Å². The summed E-state index contributed by atoms with van der Waals surface area (Å²) >= 11 is 1.71. The predicted molar refractivity (Wildman–Crippen MR) is 240 cm³/mol. The van der Waals surface area contributed by atoms with E-state index in [9.17, 15) is 0 Å². The molecule has 4 aromatic heterocycles. The third-order valence-corrected chi connectivity index (χ3v) is 13.2. The van der Waals surface area contributed by atoms with Gasteiger partial charge in [0.1, 0.15) is 16.0 Å². The molecule has 0 amide bonds. The van der Waals surface area contributed by atoms with Gasteiger partial charge >= 0.3 is 0 Å². The average molecular weight is 745 g/mol. The molecule has 266 valence electrons. The minimum absolute atomic E-state index is 0.835. The Hall–Kier alpha value is -7.08. The van der Waals surface area contributed by atoms with E-state index in [4.69, 9.17) is 9.97 Å². The zero-order valence-electron chi connectivity index (χ0n) is 30.8. The van der Waals surface area contributed by atoms with Crippen LogP contribution in [-0.2, 0) is 0 Å². The van der Waals surface area contributed by atoms with Crippen LogP contribution in [0, 0.1) is 0 Å². The van der Waals surface area contributed by atoms with Gasteiger partial charge in [-0.25, -0.2) is 9.97 Å². The van der Waals surface area contributed by atoms with E-state index in [0.717, 1.165) is 56.7 Å². The van der Waals surface area contributed by atoms with Crippen molar-refractivity contribution in [3.8, 4) is 45.0 Å². The molecule has 2 aliphatic rings. The van der Waals surface area contributed by atoms with Gasteiger partial charge in [0.05, 0.1) is 27.8 Å². The number of hydrogen-bond acceptors (Lipinski definition) is 3. The van der Waals surface area contributed by atoms with Gasteiger partial charge < -0.3 is 4.57 Å². The Labute approximate surface area is 331 Å². The minimum atomic E-state index is 0.835. The lowest BCUT2D eigenvalue weighted by atomic mass is 9.91. The van der Waals surface area contributed by atoms with Crippen LogP contribution in [0.15, 0.2) is 170 Å². The highest BCUT2D eigenvalue weighted by molar-refractivity contribution is 7.25. The number of para-hydroxylation sites is 3. The SMILES string of the molecule is C1=CC(c2ccc(-c3nc4sc5ccccc5c4nc3-n3c4ccccc4c4c5c6c(cc43)c3ccccc3n6-c3ccccc3-c3ccccc3-5)cc2)=CCC1. The van der Waals surface area contributed by atoms with Gasteiger partial charge in [0.15, 0.2) is 5.82 Å². The first-order chi connectivity index (χ1) is 28.3. The second-order valence-electron chi connectivity index (χ2n) is 15.2. The molecule has 0 saturated heterocycles. The first-order valence-corrected chi connectivity index (χ1v) is 20.5. The van der Waals surface area contributed by atoms with Gasteiger partial charge in [-0.3, -0.25) is 4.57 Å². The molecule has 0 saturated carbocycles. The topological polar surface area (TPSA) is 35.6 Å². The quantitative estimate of drug-likeness (QED) is 0.181. The second kappa shape index (κ2) is 11.7. The smallest absolute Gasteiger partial charge is 0.165 e. The number of nitrogens with zero attached hydrogens (tertiary/aromatic N) is 4. The molecule has 11 aromatic rings. The van der Waals surface area contributed by atoms with Crippen molar-refractivity contribution >= 4 is 81.0 Å². The van der Waals surface area contributed by atoms with Crippen molar-refractivity contribution in [2.75, 3.05) is 0 Å². The summed E-state index contributed by atoms with van der Waals surface area (Å²) in [4.78, 5) is 12.2. The van der Waals surface area contributed by atoms with Gasteiger partial charge in [0, 0.05) is 48.3 Å². The fraction of sp³-hybridized carbons (Fsp3) is 0.0385. The summed E-state index contributed by atoms with van der Waals surface area (Å²) in [6.45, 7) is 0. The molecule has 13 rings (SSSR count). The Morgan fingerprint density at radius 2 is 1.21 bits per heavy atom. The van der Waals surface area contributed by atoms with Gasteiger partial charge in [-0.2, -0.15) is 0 Å². The van der Waals surface area contributed by atoms with E-state index in [-0.39, 0.29) is 0 Å². The molecule has 0 unspecified atom stereocenters. The Kier molecular flexibility index (Phi) is 6.40. The molecule has 0 atom stereocenters. The summed E-state index contributed by atoms with van der Waals surface area (Å²) in [6.07, 6.45) is 9.02. The number of allylic oxidation sites excluding steroid dienone is 4. The van der Waals surface area contributed by atoms with Crippen molar-refractivity contribution < 1.29 is 0 Å². The summed E-state index contributed by atoms with van der Waals surface area (Å²) in [5, 5.41) is 5.99. The van der Waals surface area contributed by atoms with Crippen LogP contribution in [0.2, 0.25) is 0 Å². The zero-order chi connectivity index (χ0) is 37.2. The summed E-state index contributed by atoms with van der Waals surface area (Å²) in [7, 11) is 0. The summed E-state index contributed by atoms with van der Waals surface area (Å²) in [5.41, 5.74) is 16.2. The van der Waals surface area contributed by atoms with Crippen LogP contribution in [0.4, 0.5) is 0 Å². The maximum Gasteiger partial charge on any atom is 0.165 e. The first kappa shape index (κ1) is 31.2. The van der Waals surface area contributed by atoms with Gasteiger partial charge in [-0.15, -0.1) is 11.3 Å². The number of rotatable bonds is 3. The van der Waals surface area contributed by atoms with E-state index >= 15 is 0 Å². The highest BCUT2D eigenvalue weighted by Gasteiger charge is 2.30. The molecule has 0 N–H and O–H groups in total. The third kappa shape index (κ3) is 4.32. The van der Waals surface area contributed by atoms with Crippen molar-refractivity contribution in [2.24, 2.45) is 0 Å². The van der Waals surface area contributed by atoms with Crippen molar-refractivity contribution in [1.29, 1.82) is 0 Å². The average Bonchev–Trinajstić information content (AvgIpc) is 3.90. The minimum Gasteiger partial charge on any atom is -0.308 e. The van der Waals surface area contributed by atoms with Crippen LogP contribution in [0.5, 0.6) is 0 Å². The first-order valence-electron chi connectivity index (χ1n) is 19.7. The lowest BCUT2D eigenvalue weighted by Gasteiger charge is -2.15. The molecule has 0 bridgehead atoms. The lowest BCUT2D eigenvalue weighted by molar-refractivity contribution is 1.04. The Morgan fingerprint density at radius 3 is 2.04 bits per heavy atom. The normalized spacial score (nSPS) is 13.5.